The van der Waals surface area contributed by atoms with Gasteiger partial charge in [0, 0.05) is 19.8 Å². The van der Waals surface area contributed by atoms with E-state index in [0.717, 1.165) is 0 Å². The van der Waals surface area contributed by atoms with Gasteiger partial charge in [0.05, 0.1) is 11.6 Å². The van der Waals surface area contributed by atoms with Crippen molar-refractivity contribution in [1.82, 2.24) is 10.6 Å². The number of aliphatic carboxylic acids is 1. The average Bonchev–Trinajstić information content (AvgIpc) is 2.67. The van der Waals surface area contributed by atoms with E-state index in [1.54, 1.807) is 30.3 Å². The number of nitriles is 1. The van der Waals surface area contributed by atoms with Crippen LogP contribution in [0.5, 0.6) is 0 Å². The second-order valence-electron chi connectivity index (χ2n) is 6.50. The Labute approximate surface area is 167 Å². The fourth-order valence-electron chi connectivity index (χ4n) is 2.78. The molecule has 8 heteroatoms. The molecule has 0 aliphatic heterocycles. The van der Waals surface area contributed by atoms with Gasteiger partial charge in [-0.3, -0.25) is 9.59 Å². The average molecular weight is 397 g/mol. The summed E-state index contributed by atoms with van der Waals surface area (Å²) in [5.41, 5.74) is 1.54. The molecule has 2 aromatic rings. The second kappa shape index (κ2) is 9.99. The monoisotopic (exact) mass is 397 g/mol. The zero-order valence-electron chi connectivity index (χ0n) is 15.7. The summed E-state index contributed by atoms with van der Waals surface area (Å²) in [6.07, 6.45) is 0.00587. The van der Waals surface area contributed by atoms with E-state index in [1.807, 2.05) is 6.07 Å². The molecule has 0 saturated carbocycles. The van der Waals surface area contributed by atoms with Crippen LogP contribution < -0.4 is 10.6 Å². The first-order valence-electron chi connectivity index (χ1n) is 8.82. The third kappa shape index (κ3) is 6.74. The molecule has 29 heavy (non-hydrogen) atoms. The fraction of sp³-hybridized carbons (Fsp3) is 0.238. The summed E-state index contributed by atoms with van der Waals surface area (Å²) >= 11 is 0. The number of rotatable bonds is 8. The third-order valence-corrected chi connectivity index (χ3v) is 4.16. The molecule has 2 atom stereocenters. The van der Waals surface area contributed by atoms with Crippen LogP contribution in [0, 0.1) is 17.1 Å². The minimum Gasteiger partial charge on any atom is -0.480 e. The number of nitrogens with zero attached hydrogens (tertiary/aromatic N) is 1. The Morgan fingerprint density at radius 1 is 1.03 bits per heavy atom. The molecule has 0 spiro atoms. The quantitative estimate of drug-likeness (QED) is 0.624. The van der Waals surface area contributed by atoms with Crippen molar-refractivity contribution < 1.29 is 23.9 Å². The molecule has 0 fully saturated rings. The molecular weight excluding hydrogens is 377 g/mol. The maximum absolute atomic E-state index is 13.4. The molecule has 0 saturated heterocycles. The van der Waals surface area contributed by atoms with Gasteiger partial charge in [-0.2, -0.15) is 5.26 Å². The normalized spacial score (nSPS) is 12.3. The first kappa shape index (κ1) is 21.6. The Kier molecular flexibility index (Phi) is 7.43. The summed E-state index contributed by atoms with van der Waals surface area (Å²) in [6.45, 7) is 1.23. The first-order chi connectivity index (χ1) is 13.8. The van der Waals surface area contributed by atoms with E-state index in [-0.39, 0.29) is 12.8 Å². The zero-order valence-corrected chi connectivity index (χ0v) is 15.7. The lowest BCUT2D eigenvalue weighted by atomic mass is 10.0. The van der Waals surface area contributed by atoms with Gasteiger partial charge in [-0.05, 0) is 35.4 Å². The molecule has 3 N–H and O–H groups in total. The predicted octanol–water partition coefficient (Wildman–Crippen LogP) is 1.56. The maximum Gasteiger partial charge on any atom is 0.326 e. The van der Waals surface area contributed by atoms with E-state index in [2.05, 4.69) is 10.6 Å². The van der Waals surface area contributed by atoms with E-state index in [1.165, 1.54) is 25.1 Å². The minimum absolute atomic E-state index is 0.000458. The van der Waals surface area contributed by atoms with Crippen LogP contribution in [0.4, 0.5) is 4.39 Å². The number of carboxylic acids is 1. The standard InChI is InChI=1S/C21H20FN3O4/c1-13(26)24-18(11-16-3-2-4-17(22)9-16)20(27)25-19(21(28)29)10-14-5-7-15(12-23)8-6-14/h2-9,18-19H,10-11H2,1H3,(H,24,26)(H,25,27)(H,28,29)/t18-,19+/m0/s1. The highest BCUT2D eigenvalue weighted by atomic mass is 19.1. The van der Waals surface area contributed by atoms with E-state index >= 15 is 0 Å². The number of hydrogen-bond donors (Lipinski definition) is 3. The van der Waals surface area contributed by atoms with Crippen molar-refractivity contribution in [1.29, 1.82) is 5.26 Å². The number of carboxylic acid groups (broad SMARTS) is 1. The van der Waals surface area contributed by atoms with Crippen LogP contribution in [0.3, 0.4) is 0 Å². The van der Waals surface area contributed by atoms with Crippen molar-refractivity contribution in [2.24, 2.45) is 0 Å². The van der Waals surface area contributed by atoms with Crippen LogP contribution in [-0.4, -0.2) is 35.0 Å². The van der Waals surface area contributed by atoms with Crippen LogP contribution in [-0.2, 0) is 27.2 Å². The fourth-order valence-corrected chi connectivity index (χ4v) is 2.78. The molecule has 0 unspecified atom stereocenters. The SMILES string of the molecule is CC(=O)N[C@@H](Cc1cccc(F)c1)C(=O)N[C@H](Cc1ccc(C#N)cc1)C(=O)O. The predicted molar refractivity (Wildman–Crippen MR) is 102 cm³/mol. The summed E-state index contributed by atoms with van der Waals surface area (Å²) in [4.78, 5) is 35.7. The highest BCUT2D eigenvalue weighted by Gasteiger charge is 2.26. The van der Waals surface area contributed by atoms with E-state index in [9.17, 15) is 23.9 Å². The van der Waals surface area contributed by atoms with Gasteiger partial charge in [0.1, 0.15) is 17.9 Å². The zero-order chi connectivity index (χ0) is 21.4. The number of amides is 2. The van der Waals surface area contributed by atoms with Gasteiger partial charge in [0.2, 0.25) is 11.8 Å². The summed E-state index contributed by atoms with van der Waals surface area (Å²) in [5.74, 6) is -2.88. The highest BCUT2D eigenvalue weighted by molar-refractivity contribution is 5.90. The van der Waals surface area contributed by atoms with Crippen molar-refractivity contribution in [3.05, 3.63) is 71.0 Å². The van der Waals surface area contributed by atoms with Gasteiger partial charge < -0.3 is 15.7 Å². The van der Waals surface area contributed by atoms with Gasteiger partial charge in [0.25, 0.3) is 0 Å². The number of hydrogen-bond acceptors (Lipinski definition) is 4. The number of benzene rings is 2. The molecular formula is C21H20FN3O4. The maximum atomic E-state index is 13.4. The minimum atomic E-state index is -1.24. The van der Waals surface area contributed by atoms with Gasteiger partial charge in [-0.1, -0.05) is 24.3 Å². The molecule has 0 aromatic heterocycles. The van der Waals surface area contributed by atoms with Crippen LogP contribution in [0.25, 0.3) is 0 Å². The number of halogens is 1. The summed E-state index contributed by atoms with van der Waals surface area (Å²) < 4.78 is 13.4. The lowest BCUT2D eigenvalue weighted by Gasteiger charge is -2.21. The van der Waals surface area contributed by atoms with Gasteiger partial charge >= 0.3 is 5.97 Å². The molecule has 150 valence electrons. The summed E-state index contributed by atoms with van der Waals surface area (Å²) in [6, 6.07) is 11.6. The Bertz CT molecular complexity index is 938. The molecule has 0 radical (unpaired) electrons. The molecule has 7 nitrogen and oxygen atoms in total. The number of carbonyl (C=O) groups excluding carboxylic acids is 2. The van der Waals surface area contributed by atoms with Gasteiger partial charge in [0.15, 0.2) is 0 Å². The lowest BCUT2D eigenvalue weighted by molar-refractivity contribution is -0.142. The number of nitrogens with one attached hydrogen (secondary N) is 2. The third-order valence-electron chi connectivity index (χ3n) is 4.16. The van der Waals surface area contributed by atoms with Crippen LogP contribution in [0.1, 0.15) is 23.6 Å². The van der Waals surface area contributed by atoms with E-state index < -0.39 is 35.7 Å². The van der Waals surface area contributed by atoms with Crippen molar-refractivity contribution >= 4 is 17.8 Å². The molecule has 0 aliphatic carbocycles. The van der Waals surface area contributed by atoms with Gasteiger partial charge in [-0.15, -0.1) is 0 Å². The molecule has 2 aromatic carbocycles. The van der Waals surface area contributed by atoms with Crippen LogP contribution in [0.2, 0.25) is 0 Å². The second-order valence-corrected chi connectivity index (χ2v) is 6.50. The smallest absolute Gasteiger partial charge is 0.326 e. The van der Waals surface area contributed by atoms with Crippen molar-refractivity contribution in [3.8, 4) is 6.07 Å². The summed E-state index contributed by atoms with van der Waals surface area (Å²) in [5, 5.41) is 23.2. The van der Waals surface area contributed by atoms with Crippen molar-refractivity contribution in [2.75, 3.05) is 0 Å². The number of carbonyl (C=O) groups is 3. The Balaban J connectivity index is 2.13. The molecule has 0 bridgehead atoms. The van der Waals surface area contributed by atoms with Crippen LogP contribution in [0.15, 0.2) is 48.5 Å². The van der Waals surface area contributed by atoms with Crippen LogP contribution >= 0.6 is 0 Å². The van der Waals surface area contributed by atoms with Gasteiger partial charge in [-0.25, -0.2) is 9.18 Å². The van der Waals surface area contributed by atoms with Crippen molar-refractivity contribution in [2.45, 2.75) is 31.8 Å². The Morgan fingerprint density at radius 2 is 1.69 bits per heavy atom. The highest BCUT2D eigenvalue weighted by Crippen LogP contribution is 2.09. The molecule has 2 amide bonds. The topological polar surface area (TPSA) is 119 Å². The van der Waals surface area contributed by atoms with E-state index in [4.69, 9.17) is 5.26 Å². The lowest BCUT2D eigenvalue weighted by Crippen LogP contribution is -2.52. The largest absolute Gasteiger partial charge is 0.480 e. The molecule has 0 heterocycles. The van der Waals surface area contributed by atoms with E-state index in [0.29, 0.717) is 16.7 Å². The first-order valence-corrected chi connectivity index (χ1v) is 8.82. The summed E-state index contributed by atoms with van der Waals surface area (Å²) in [7, 11) is 0. The molecule has 2 rings (SSSR count). The Morgan fingerprint density at radius 3 is 2.24 bits per heavy atom. The van der Waals surface area contributed by atoms with Crippen molar-refractivity contribution in [3.63, 3.8) is 0 Å². The Hall–Kier alpha value is -3.73. The molecule has 0 aliphatic rings.